The predicted molar refractivity (Wildman–Crippen MR) is 116 cm³/mol. The van der Waals surface area contributed by atoms with Gasteiger partial charge in [0.05, 0.1) is 6.54 Å². The van der Waals surface area contributed by atoms with Crippen LogP contribution in [-0.4, -0.2) is 84.8 Å². The molecule has 2 aliphatic heterocycles. The minimum absolute atomic E-state index is 0.109. The summed E-state index contributed by atoms with van der Waals surface area (Å²) < 4.78 is 0. The van der Waals surface area contributed by atoms with Crippen LogP contribution in [0.2, 0.25) is 5.02 Å². The van der Waals surface area contributed by atoms with E-state index in [0.717, 1.165) is 39.0 Å². The van der Waals surface area contributed by atoms with Gasteiger partial charge in [-0.15, -0.1) is 0 Å². The van der Waals surface area contributed by atoms with Gasteiger partial charge in [0.25, 0.3) is 5.91 Å². The predicted octanol–water partition coefficient (Wildman–Crippen LogP) is 2.01. The van der Waals surface area contributed by atoms with Gasteiger partial charge in [0.1, 0.15) is 0 Å². The number of likely N-dealkylation sites (tertiary alicyclic amines) is 1. The molecule has 3 rings (SSSR count). The second-order valence-corrected chi connectivity index (χ2v) is 8.40. The standard InChI is InChI=1S/C22H31ClN4O3/c23-19-8-6-18(7-9-19)22(30)24-10-4-5-20(28)27-15-13-25(14-16-27)17-21(29)26-11-2-1-3-12-26/h6-9H,1-5,10-17H2,(H,24,30). The Labute approximate surface area is 183 Å². The maximum Gasteiger partial charge on any atom is 0.251 e. The van der Waals surface area contributed by atoms with Gasteiger partial charge in [0.15, 0.2) is 0 Å². The fraction of sp³-hybridized carbons (Fsp3) is 0.591. The Morgan fingerprint density at radius 3 is 2.13 bits per heavy atom. The molecule has 3 amide bonds. The molecule has 7 nitrogen and oxygen atoms in total. The van der Waals surface area contributed by atoms with Crippen LogP contribution in [0.1, 0.15) is 42.5 Å². The molecule has 30 heavy (non-hydrogen) atoms. The van der Waals surface area contributed by atoms with Crippen LogP contribution in [0, 0.1) is 0 Å². The quantitative estimate of drug-likeness (QED) is 0.666. The molecule has 0 unspecified atom stereocenters. The zero-order chi connectivity index (χ0) is 21.3. The molecular weight excluding hydrogens is 404 g/mol. The molecule has 1 aromatic rings. The molecular formula is C22H31ClN4O3. The van der Waals surface area contributed by atoms with Crippen molar-refractivity contribution in [2.45, 2.75) is 32.1 Å². The largest absolute Gasteiger partial charge is 0.352 e. The molecule has 0 aliphatic carbocycles. The van der Waals surface area contributed by atoms with E-state index < -0.39 is 0 Å². The number of amides is 3. The van der Waals surface area contributed by atoms with Gasteiger partial charge in [0, 0.05) is 62.8 Å². The lowest BCUT2D eigenvalue weighted by Crippen LogP contribution is -2.52. The second-order valence-electron chi connectivity index (χ2n) is 7.96. The number of carbonyl (C=O) groups excluding carboxylic acids is 3. The first kappa shape index (κ1) is 22.6. The summed E-state index contributed by atoms with van der Waals surface area (Å²) in [6, 6.07) is 6.72. The van der Waals surface area contributed by atoms with E-state index in [1.807, 2.05) is 9.80 Å². The molecule has 0 atom stereocenters. The number of nitrogens with one attached hydrogen (secondary N) is 1. The molecule has 0 saturated carbocycles. The molecule has 1 N–H and O–H groups in total. The summed E-state index contributed by atoms with van der Waals surface area (Å²) in [5, 5.41) is 3.42. The highest BCUT2D eigenvalue weighted by Crippen LogP contribution is 2.11. The topological polar surface area (TPSA) is 73.0 Å². The van der Waals surface area contributed by atoms with Gasteiger partial charge in [-0.1, -0.05) is 11.6 Å². The molecule has 2 heterocycles. The monoisotopic (exact) mass is 434 g/mol. The molecule has 2 fully saturated rings. The van der Waals surface area contributed by atoms with Gasteiger partial charge in [-0.25, -0.2) is 0 Å². The van der Waals surface area contributed by atoms with E-state index in [0.29, 0.717) is 49.6 Å². The molecule has 0 radical (unpaired) electrons. The zero-order valence-electron chi connectivity index (χ0n) is 17.4. The number of benzene rings is 1. The van der Waals surface area contributed by atoms with Gasteiger partial charge >= 0.3 is 0 Å². The maximum absolute atomic E-state index is 12.4. The molecule has 0 spiro atoms. The Kier molecular flexibility index (Phi) is 8.51. The van der Waals surface area contributed by atoms with E-state index in [2.05, 4.69) is 10.2 Å². The fourth-order valence-corrected chi connectivity index (χ4v) is 4.02. The van der Waals surface area contributed by atoms with Crippen molar-refractivity contribution in [1.29, 1.82) is 0 Å². The van der Waals surface area contributed by atoms with E-state index in [1.54, 1.807) is 24.3 Å². The Morgan fingerprint density at radius 1 is 0.833 bits per heavy atom. The van der Waals surface area contributed by atoms with E-state index in [9.17, 15) is 14.4 Å². The van der Waals surface area contributed by atoms with Gasteiger partial charge in [0.2, 0.25) is 11.8 Å². The summed E-state index contributed by atoms with van der Waals surface area (Å²) in [4.78, 5) is 42.9. The fourth-order valence-electron chi connectivity index (χ4n) is 3.89. The third-order valence-electron chi connectivity index (χ3n) is 5.75. The highest BCUT2D eigenvalue weighted by atomic mass is 35.5. The first-order chi connectivity index (χ1) is 14.5. The van der Waals surface area contributed by atoms with Crippen LogP contribution >= 0.6 is 11.6 Å². The molecule has 2 saturated heterocycles. The third-order valence-corrected chi connectivity index (χ3v) is 6.00. The number of nitrogens with zero attached hydrogens (tertiary/aromatic N) is 3. The second kappa shape index (κ2) is 11.3. The van der Waals surface area contributed by atoms with Crippen molar-refractivity contribution in [2.75, 3.05) is 52.4 Å². The highest BCUT2D eigenvalue weighted by molar-refractivity contribution is 6.30. The summed E-state index contributed by atoms with van der Waals surface area (Å²) in [5.74, 6) is 0.162. The summed E-state index contributed by atoms with van der Waals surface area (Å²) in [7, 11) is 0. The van der Waals surface area contributed by atoms with Crippen molar-refractivity contribution < 1.29 is 14.4 Å². The highest BCUT2D eigenvalue weighted by Gasteiger charge is 2.24. The number of rotatable bonds is 7. The first-order valence-corrected chi connectivity index (χ1v) is 11.2. The van der Waals surface area contributed by atoms with Crippen LogP contribution in [0.4, 0.5) is 0 Å². The van der Waals surface area contributed by atoms with Crippen LogP contribution in [0.5, 0.6) is 0 Å². The smallest absolute Gasteiger partial charge is 0.251 e. The van der Waals surface area contributed by atoms with Crippen molar-refractivity contribution >= 4 is 29.3 Å². The van der Waals surface area contributed by atoms with E-state index >= 15 is 0 Å². The molecule has 0 bridgehead atoms. The van der Waals surface area contributed by atoms with Crippen molar-refractivity contribution in [1.82, 2.24) is 20.0 Å². The van der Waals surface area contributed by atoms with Crippen LogP contribution in [-0.2, 0) is 9.59 Å². The van der Waals surface area contributed by atoms with Gasteiger partial charge in [-0.05, 0) is 49.9 Å². The first-order valence-electron chi connectivity index (χ1n) is 10.8. The summed E-state index contributed by atoms with van der Waals surface area (Å²) in [6.07, 6.45) is 4.44. The lowest BCUT2D eigenvalue weighted by molar-refractivity contribution is -0.135. The minimum Gasteiger partial charge on any atom is -0.352 e. The lowest BCUT2D eigenvalue weighted by Gasteiger charge is -2.36. The van der Waals surface area contributed by atoms with Crippen LogP contribution < -0.4 is 5.32 Å². The third kappa shape index (κ3) is 6.71. The number of hydrogen-bond acceptors (Lipinski definition) is 4. The Balaban J connectivity index is 1.30. The Morgan fingerprint density at radius 2 is 1.47 bits per heavy atom. The number of halogens is 1. The normalized spacial score (nSPS) is 17.6. The Hall–Kier alpha value is -2.12. The van der Waals surface area contributed by atoms with Gasteiger partial charge in [-0.3, -0.25) is 19.3 Å². The number of piperidine rings is 1. The van der Waals surface area contributed by atoms with Crippen molar-refractivity contribution in [2.24, 2.45) is 0 Å². The zero-order valence-corrected chi connectivity index (χ0v) is 18.2. The molecule has 164 valence electrons. The number of carbonyl (C=O) groups is 3. The van der Waals surface area contributed by atoms with Crippen molar-refractivity contribution in [3.05, 3.63) is 34.9 Å². The van der Waals surface area contributed by atoms with Crippen LogP contribution in [0.15, 0.2) is 24.3 Å². The van der Waals surface area contributed by atoms with Crippen LogP contribution in [0.3, 0.4) is 0 Å². The minimum atomic E-state index is -0.161. The van der Waals surface area contributed by atoms with E-state index in [4.69, 9.17) is 11.6 Å². The van der Waals surface area contributed by atoms with Crippen LogP contribution in [0.25, 0.3) is 0 Å². The van der Waals surface area contributed by atoms with E-state index in [1.165, 1.54) is 6.42 Å². The summed E-state index contributed by atoms with van der Waals surface area (Å²) in [6.45, 7) is 5.46. The molecule has 1 aromatic carbocycles. The maximum atomic E-state index is 12.4. The van der Waals surface area contributed by atoms with Gasteiger partial charge < -0.3 is 15.1 Å². The number of piperazine rings is 1. The SMILES string of the molecule is O=C(NCCCC(=O)N1CCN(CC(=O)N2CCCCC2)CC1)c1ccc(Cl)cc1. The van der Waals surface area contributed by atoms with Crippen molar-refractivity contribution in [3.63, 3.8) is 0 Å². The summed E-state index contributed by atoms with van der Waals surface area (Å²) >= 11 is 5.83. The molecule has 2 aliphatic rings. The molecule has 8 heteroatoms. The Bertz CT molecular complexity index is 726. The van der Waals surface area contributed by atoms with E-state index in [-0.39, 0.29) is 17.7 Å². The number of hydrogen-bond donors (Lipinski definition) is 1. The average Bonchev–Trinajstić information content (AvgIpc) is 2.78. The van der Waals surface area contributed by atoms with Crippen molar-refractivity contribution in [3.8, 4) is 0 Å². The average molecular weight is 435 g/mol. The molecule has 0 aromatic heterocycles. The van der Waals surface area contributed by atoms with Gasteiger partial charge in [-0.2, -0.15) is 0 Å². The summed E-state index contributed by atoms with van der Waals surface area (Å²) in [5.41, 5.74) is 0.556. The lowest BCUT2D eigenvalue weighted by atomic mass is 10.1.